The number of ether oxygens (including phenoxy) is 2. The van der Waals surface area contributed by atoms with Gasteiger partial charge in [-0.25, -0.2) is 0 Å². The first kappa shape index (κ1) is 23.1. The number of nitrogens with one attached hydrogen (secondary N) is 1. The lowest BCUT2D eigenvalue weighted by molar-refractivity contribution is -0.127. The van der Waals surface area contributed by atoms with Crippen LogP contribution < -0.4 is 14.8 Å². The first-order chi connectivity index (χ1) is 16.5. The van der Waals surface area contributed by atoms with Gasteiger partial charge >= 0.3 is 0 Å². The van der Waals surface area contributed by atoms with E-state index in [-0.39, 0.29) is 11.4 Å². The molecular formula is C26H22N2O5S. The number of thioether (sulfide) groups is 1. The van der Waals surface area contributed by atoms with Crippen LogP contribution in [0.2, 0.25) is 0 Å². The second-order valence-corrected chi connectivity index (χ2v) is 8.38. The van der Waals surface area contributed by atoms with Crippen LogP contribution in [-0.2, 0) is 16.2 Å². The van der Waals surface area contributed by atoms with Crippen molar-refractivity contribution < 1.29 is 23.9 Å². The van der Waals surface area contributed by atoms with Crippen molar-refractivity contribution in [1.29, 1.82) is 0 Å². The number of carbonyl (C=O) groups excluding carboxylic acids is 3. The minimum Gasteiger partial charge on any atom is -0.497 e. The van der Waals surface area contributed by atoms with Crippen LogP contribution in [0.3, 0.4) is 0 Å². The first-order valence-electron chi connectivity index (χ1n) is 10.5. The quantitative estimate of drug-likeness (QED) is 0.465. The van der Waals surface area contributed by atoms with Gasteiger partial charge in [-0.3, -0.25) is 19.3 Å². The number of carbonyl (C=O) groups is 3. The van der Waals surface area contributed by atoms with Crippen molar-refractivity contribution in [3.8, 4) is 11.5 Å². The fraction of sp³-hybridized carbons (Fsp3) is 0.115. The lowest BCUT2D eigenvalue weighted by atomic mass is 10.2. The molecule has 3 amide bonds. The van der Waals surface area contributed by atoms with Crippen LogP contribution in [-0.4, -0.2) is 35.6 Å². The zero-order chi connectivity index (χ0) is 23.9. The molecule has 1 aliphatic heterocycles. The average Bonchev–Trinajstić information content (AvgIpc) is 3.11. The number of hydrogen-bond donors (Lipinski definition) is 1. The van der Waals surface area contributed by atoms with Gasteiger partial charge in [-0.2, -0.15) is 0 Å². The molecule has 3 aromatic rings. The summed E-state index contributed by atoms with van der Waals surface area (Å²) < 4.78 is 10.9. The number of methoxy groups -OCH3 is 1. The predicted molar refractivity (Wildman–Crippen MR) is 132 cm³/mol. The van der Waals surface area contributed by atoms with E-state index >= 15 is 0 Å². The van der Waals surface area contributed by atoms with Crippen molar-refractivity contribution in [3.05, 3.63) is 94.9 Å². The van der Waals surface area contributed by atoms with Crippen LogP contribution in [0.1, 0.15) is 11.1 Å². The van der Waals surface area contributed by atoms with Gasteiger partial charge in [0.25, 0.3) is 11.1 Å². The highest BCUT2D eigenvalue weighted by Crippen LogP contribution is 2.32. The Bertz CT molecular complexity index is 1230. The first-order valence-corrected chi connectivity index (χ1v) is 11.3. The van der Waals surface area contributed by atoms with Gasteiger partial charge < -0.3 is 14.8 Å². The summed E-state index contributed by atoms with van der Waals surface area (Å²) >= 11 is 0.807. The molecule has 34 heavy (non-hydrogen) atoms. The van der Waals surface area contributed by atoms with Gasteiger partial charge in [0, 0.05) is 5.69 Å². The van der Waals surface area contributed by atoms with Crippen LogP contribution in [0.15, 0.2) is 83.8 Å². The average molecular weight is 475 g/mol. The maximum Gasteiger partial charge on any atom is 0.294 e. The summed E-state index contributed by atoms with van der Waals surface area (Å²) in [5, 5.41) is 2.19. The largest absolute Gasteiger partial charge is 0.497 e. The molecule has 1 fully saturated rings. The fourth-order valence-electron chi connectivity index (χ4n) is 3.24. The molecule has 7 nitrogen and oxygen atoms in total. The molecule has 0 saturated carbocycles. The smallest absolute Gasteiger partial charge is 0.294 e. The van der Waals surface area contributed by atoms with Crippen molar-refractivity contribution in [2.24, 2.45) is 0 Å². The van der Waals surface area contributed by atoms with E-state index in [4.69, 9.17) is 9.47 Å². The maximum absolute atomic E-state index is 12.8. The van der Waals surface area contributed by atoms with E-state index in [2.05, 4.69) is 5.32 Å². The normalized spacial score (nSPS) is 14.4. The minimum absolute atomic E-state index is 0.252. The Morgan fingerprint density at radius 3 is 2.47 bits per heavy atom. The number of nitrogens with zero attached hydrogens (tertiary/aromatic N) is 1. The van der Waals surface area contributed by atoms with Crippen molar-refractivity contribution in [1.82, 2.24) is 4.90 Å². The highest BCUT2D eigenvalue weighted by atomic mass is 32.2. The van der Waals surface area contributed by atoms with Gasteiger partial charge in [-0.05, 0) is 65.4 Å². The van der Waals surface area contributed by atoms with Crippen LogP contribution in [0, 0.1) is 0 Å². The van der Waals surface area contributed by atoms with E-state index in [0.717, 1.165) is 27.8 Å². The van der Waals surface area contributed by atoms with Gasteiger partial charge in [0.05, 0.1) is 12.0 Å². The molecular weight excluding hydrogens is 452 g/mol. The fourth-order valence-corrected chi connectivity index (χ4v) is 4.08. The summed E-state index contributed by atoms with van der Waals surface area (Å²) in [4.78, 5) is 38.7. The van der Waals surface area contributed by atoms with Crippen molar-refractivity contribution in [3.63, 3.8) is 0 Å². The summed E-state index contributed by atoms with van der Waals surface area (Å²) in [7, 11) is 1.55. The van der Waals surface area contributed by atoms with Gasteiger partial charge in [-0.15, -0.1) is 0 Å². The topological polar surface area (TPSA) is 84.9 Å². The number of rotatable bonds is 8. The molecule has 172 valence electrons. The summed E-state index contributed by atoms with van der Waals surface area (Å²) in [6.45, 7) is 0.0539. The van der Waals surface area contributed by atoms with E-state index in [0.29, 0.717) is 23.8 Å². The molecule has 0 spiro atoms. The van der Waals surface area contributed by atoms with Crippen LogP contribution in [0.4, 0.5) is 10.5 Å². The SMILES string of the molecule is COc1ccc(NC(=O)CN2C(=O)S/C(=C\c3cccc(OCc4ccccc4)c3)C2=O)cc1. The Balaban J connectivity index is 1.38. The minimum atomic E-state index is -0.504. The number of imide groups is 1. The molecule has 0 atom stereocenters. The molecule has 0 radical (unpaired) electrons. The Hall–Kier alpha value is -4.04. The lowest BCUT2D eigenvalue weighted by Gasteiger charge is -2.12. The number of amides is 3. The standard InChI is InChI=1S/C26H22N2O5S/c1-32-21-12-10-20(11-13-21)27-24(29)16-28-25(30)23(34-26(28)31)15-19-8-5-9-22(14-19)33-17-18-6-3-2-4-7-18/h2-15H,16-17H2,1H3,(H,27,29)/b23-15-. The predicted octanol–water partition coefficient (Wildman–Crippen LogP) is 4.95. The number of benzene rings is 3. The monoisotopic (exact) mass is 474 g/mol. The van der Waals surface area contributed by atoms with Crippen LogP contribution >= 0.6 is 11.8 Å². The maximum atomic E-state index is 12.8. The van der Waals surface area contributed by atoms with E-state index in [1.54, 1.807) is 43.5 Å². The highest BCUT2D eigenvalue weighted by molar-refractivity contribution is 8.18. The van der Waals surface area contributed by atoms with Gasteiger partial charge in [0.1, 0.15) is 24.7 Å². The summed E-state index contributed by atoms with van der Waals surface area (Å²) in [5.41, 5.74) is 2.31. The third kappa shape index (κ3) is 5.85. The molecule has 1 N–H and O–H groups in total. The van der Waals surface area contributed by atoms with Crippen LogP contribution in [0.25, 0.3) is 6.08 Å². The molecule has 0 unspecified atom stereocenters. The van der Waals surface area contributed by atoms with E-state index < -0.39 is 17.1 Å². The molecule has 1 heterocycles. The van der Waals surface area contributed by atoms with Crippen molar-refractivity contribution in [2.45, 2.75) is 6.61 Å². The molecule has 1 aliphatic rings. The Labute approximate surface area is 201 Å². The second kappa shape index (κ2) is 10.7. The Morgan fingerprint density at radius 1 is 0.971 bits per heavy atom. The molecule has 1 saturated heterocycles. The molecule has 3 aromatic carbocycles. The van der Waals surface area contributed by atoms with Crippen molar-refractivity contribution in [2.75, 3.05) is 19.0 Å². The molecule has 0 aromatic heterocycles. The van der Waals surface area contributed by atoms with Crippen LogP contribution in [0.5, 0.6) is 11.5 Å². The van der Waals surface area contributed by atoms with Gasteiger partial charge in [0.2, 0.25) is 5.91 Å². The van der Waals surface area contributed by atoms with E-state index in [1.165, 1.54) is 0 Å². The van der Waals surface area contributed by atoms with E-state index in [1.807, 2.05) is 48.5 Å². The Kier molecular flexibility index (Phi) is 7.29. The van der Waals surface area contributed by atoms with Gasteiger partial charge in [0.15, 0.2) is 0 Å². The second-order valence-electron chi connectivity index (χ2n) is 7.39. The molecule has 0 aliphatic carbocycles. The zero-order valence-corrected chi connectivity index (χ0v) is 19.2. The Morgan fingerprint density at radius 2 is 1.74 bits per heavy atom. The number of hydrogen-bond acceptors (Lipinski definition) is 6. The summed E-state index contributed by atoms with van der Waals surface area (Å²) in [5.74, 6) is 0.333. The zero-order valence-electron chi connectivity index (χ0n) is 18.4. The molecule has 0 bridgehead atoms. The summed E-state index contributed by atoms with van der Waals surface area (Å²) in [6, 6.07) is 23.8. The molecule has 4 rings (SSSR count). The highest BCUT2D eigenvalue weighted by Gasteiger charge is 2.36. The van der Waals surface area contributed by atoms with E-state index in [9.17, 15) is 14.4 Å². The lowest BCUT2D eigenvalue weighted by Crippen LogP contribution is -2.36. The number of anilines is 1. The molecule has 8 heteroatoms. The summed E-state index contributed by atoms with van der Waals surface area (Å²) in [6.07, 6.45) is 1.63. The third-order valence-corrected chi connectivity index (χ3v) is 5.86. The third-order valence-electron chi connectivity index (χ3n) is 4.95. The van der Waals surface area contributed by atoms with Gasteiger partial charge in [-0.1, -0.05) is 42.5 Å². The van der Waals surface area contributed by atoms with Crippen molar-refractivity contribution >= 4 is 40.6 Å².